The van der Waals surface area contributed by atoms with Gasteiger partial charge in [-0.05, 0) is 6.92 Å². The topological polar surface area (TPSA) is 82.4 Å². The highest BCUT2D eigenvalue weighted by molar-refractivity contribution is 8.12. The smallest absolute Gasteiger partial charge is 0.415 e. The largest absolute Gasteiger partial charge is 0.431 e. The van der Waals surface area contributed by atoms with Crippen LogP contribution in [0.5, 0.6) is 0 Å². The summed E-state index contributed by atoms with van der Waals surface area (Å²) in [4.78, 5) is -3.06. The Hall–Kier alpha value is -1.69. The summed E-state index contributed by atoms with van der Waals surface area (Å²) in [7, 11) is -14.1. The Kier molecular flexibility index (Phi) is 5.81. The third kappa shape index (κ3) is 3.51. The number of hydrogen-bond acceptors (Lipinski definition) is 4. The molecule has 0 radical (unpaired) electrons. The van der Waals surface area contributed by atoms with E-state index < -0.39 is 78.1 Å². The molecule has 0 amide bonds. The second-order valence-corrected chi connectivity index (χ2v) is 8.67. The van der Waals surface area contributed by atoms with Crippen LogP contribution in [0.3, 0.4) is 0 Å². The second kappa shape index (κ2) is 6.68. The molecule has 0 aliphatic heterocycles. The van der Waals surface area contributed by atoms with Crippen LogP contribution in [0.25, 0.3) is 4.13 Å². The summed E-state index contributed by atoms with van der Waals surface area (Å²) in [5, 5.41) is 0. The summed E-state index contributed by atoms with van der Waals surface area (Å²) >= 11 is 0. The van der Waals surface area contributed by atoms with Gasteiger partial charge in [-0.25, -0.2) is 38.8 Å². The maximum absolute atomic E-state index is 13.4. The zero-order chi connectivity index (χ0) is 22.7. The van der Waals surface area contributed by atoms with Crippen LogP contribution in [-0.2, 0) is 20.0 Å². The molecule has 0 aliphatic carbocycles. The molecule has 1 rings (SSSR count). The molecule has 0 N–H and O–H groups in total. The van der Waals surface area contributed by atoms with E-state index in [1.165, 1.54) is 4.13 Å². The molecule has 0 saturated carbocycles. The predicted octanol–water partition coefficient (Wildman–Crippen LogP) is 3.66. The van der Waals surface area contributed by atoms with Crippen molar-refractivity contribution in [2.24, 2.45) is 0 Å². The molecule has 5 nitrogen and oxygen atoms in total. The molecular weight excluding hydrogens is 471 g/mol. The maximum Gasteiger partial charge on any atom is 0.415 e. The van der Waals surface area contributed by atoms with E-state index in [0.717, 1.165) is 0 Å². The highest BCUT2D eigenvalue weighted by Crippen LogP contribution is 2.51. The minimum Gasteiger partial charge on any atom is -0.431 e. The van der Waals surface area contributed by atoms with E-state index >= 15 is 0 Å². The third-order valence-corrected chi connectivity index (χ3v) is 7.16. The van der Waals surface area contributed by atoms with E-state index in [1.54, 1.807) is 0 Å². The van der Waals surface area contributed by atoms with Gasteiger partial charge in [-0.2, -0.15) is 26.3 Å². The molecule has 0 fully saturated rings. The van der Waals surface area contributed by atoms with Crippen molar-refractivity contribution < 1.29 is 65.1 Å². The standard InChI is InChI=1S/C10H3F11NO4S2/c1-8(9(16,17)18,10(19,20)21)28(25,26)22-27(23,24)7-5(14)3(12)2(11)4(13)6(7)15/h1H3/q-1. The minimum atomic E-state index is -7.30. The van der Waals surface area contributed by atoms with Gasteiger partial charge in [0.1, 0.15) is 24.9 Å². The molecule has 1 aromatic rings. The Morgan fingerprint density at radius 2 is 0.929 bits per heavy atom. The van der Waals surface area contributed by atoms with Crippen LogP contribution in [0.4, 0.5) is 48.3 Å². The van der Waals surface area contributed by atoms with Crippen molar-refractivity contribution in [2.75, 3.05) is 0 Å². The molecule has 1 aromatic carbocycles. The SMILES string of the molecule is CC(C(F)(F)F)(C(F)(F)F)S(=O)(=O)[N-]S(=O)(=O)c1c(F)c(F)c(F)c(F)c1F. The van der Waals surface area contributed by atoms with Gasteiger partial charge in [0.2, 0.25) is 10.6 Å². The Balaban J connectivity index is 3.78. The van der Waals surface area contributed by atoms with E-state index in [0.29, 0.717) is 0 Å². The number of hydrogen-bond donors (Lipinski definition) is 0. The van der Waals surface area contributed by atoms with Crippen LogP contribution in [0, 0.1) is 29.1 Å². The van der Waals surface area contributed by atoms with E-state index in [1.807, 2.05) is 0 Å². The van der Waals surface area contributed by atoms with Crippen LogP contribution in [0.1, 0.15) is 6.92 Å². The number of nitrogens with zero attached hydrogens (tertiary/aromatic N) is 1. The summed E-state index contributed by atoms with van der Waals surface area (Å²) < 4.78 is 184. The van der Waals surface area contributed by atoms with Crippen molar-refractivity contribution >= 4 is 20.0 Å². The Morgan fingerprint density at radius 1 is 0.643 bits per heavy atom. The first-order chi connectivity index (χ1) is 12.1. The van der Waals surface area contributed by atoms with Crippen molar-refractivity contribution in [3.8, 4) is 0 Å². The van der Waals surface area contributed by atoms with Gasteiger partial charge in [0.25, 0.3) is 0 Å². The van der Waals surface area contributed by atoms with Crippen LogP contribution < -0.4 is 0 Å². The summed E-state index contributed by atoms with van der Waals surface area (Å²) in [6.07, 6.45) is -13.5. The van der Waals surface area contributed by atoms with Gasteiger partial charge < -0.3 is 4.13 Å². The lowest BCUT2D eigenvalue weighted by Gasteiger charge is -2.38. The quantitative estimate of drug-likeness (QED) is 0.379. The van der Waals surface area contributed by atoms with Crippen molar-refractivity contribution in [3.05, 3.63) is 33.2 Å². The molecule has 18 heteroatoms. The van der Waals surface area contributed by atoms with Crippen molar-refractivity contribution in [3.63, 3.8) is 0 Å². The lowest BCUT2D eigenvalue weighted by Crippen LogP contribution is -2.59. The fourth-order valence-electron chi connectivity index (χ4n) is 1.51. The van der Waals surface area contributed by atoms with E-state index in [4.69, 9.17) is 0 Å². The molecular formula is C10H3F11NO4S2-. The van der Waals surface area contributed by atoms with E-state index in [9.17, 15) is 65.1 Å². The number of rotatable bonds is 4. The molecule has 28 heavy (non-hydrogen) atoms. The van der Waals surface area contributed by atoms with Gasteiger partial charge in [-0.3, -0.25) is 0 Å². The van der Waals surface area contributed by atoms with Gasteiger partial charge in [0.15, 0.2) is 23.3 Å². The molecule has 0 spiro atoms. The van der Waals surface area contributed by atoms with Crippen molar-refractivity contribution in [2.45, 2.75) is 28.9 Å². The lowest BCUT2D eigenvalue weighted by atomic mass is 10.1. The normalized spacial score (nSPS) is 14.4. The first-order valence-electron chi connectivity index (χ1n) is 6.02. The van der Waals surface area contributed by atoms with Gasteiger partial charge in [0, 0.05) is 0 Å². The maximum atomic E-state index is 13.4. The highest BCUT2D eigenvalue weighted by atomic mass is 32.3. The van der Waals surface area contributed by atoms with Gasteiger partial charge in [-0.15, -0.1) is 0 Å². The average Bonchev–Trinajstić information content (AvgIpc) is 2.46. The monoisotopic (exact) mass is 474 g/mol. The Morgan fingerprint density at radius 3 is 1.21 bits per heavy atom. The molecule has 0 heterocycles. The third-order valence-electron chi connectivity index (χ3n) is 3.22. The lowest BCUT2D eigenvalue weighted by molar-refractivity contribution is -0.261. The van der Waals surface area contributed by atoms with Gasteiger partial charge in [-0.1, -0.05) is 0 Å². The molecule has 0 bridgehead atoms. The molecule has 0 saturated heterocycles. The van der Waals surface area contributed by atoms with Crippen LogP contribution in [-0.4, -0.2) is 33.9 Å². The summed E-state index contributed by atoms with van der Waals surface area (Å²) in [6, 6.07) is 0. The average molecular weight is 474 g/mol. The van der Waals surface area contributed by atoms with Crippen LogP contribution in [0.2, 0.25) is 0 Å². The van der Waals surface area contributed by atoms with E-state index in [2.05, 4.69) is 0 Å². The summed E-state index contributed by atoms with van der Waals surface area (Å²) in [6.45, 7) is -1.06. The highest BCUT2D eigenvalue weighted by Gasteiger charge is 2.73. The van der Waals surface area contributed by atoms with Crippen molar-refractivity contribution in [1.29, 1.82) is 0 Å². The fourth-order valence-corrected chi connectivity index (χ4v) is 4.65. The van der Waals surface area contributed by atoms with Gasteiger partial charge >= 0.3 is 12.4 Å². The first-order valence-corrected chi connectivity index (χ1v) is 8.90. The molecule has 0 aliphatic rings. The zero-order valence-corrected chi connectivity index (χ0v) is 14.2. The number of alkyl halides is 6. The predicted molar refractivity (Wildman–Crippen MR) is 66.2 cm³/mol. The Bertz CT molecular complexity index is 968. The van der Waals surface area contributed by atoms with Crippen molar-refractivity contribution in [1.82, 2.24) is 0 Å². The first kappa shape index (κ1) is 24.3. The van der Waals surface area contributed by atoms with Crippen LogP contribution >= 0.6 is 0 Å². The Labute approximate surface area is 148 Å². The molecule has 0 atom stereocenters. The summed E-state index contributed by atoms with van der Waals surface area (Å²) in [5.41, 5.74) is 0. The number of benzene rings is 1. The fraction of sp³-hybridized carbons (Fsp3) is 0.400. The summed E-state index contributed by atoms with van der Waals surface area (Å²) in [5.74, 6) is -15.4. The molecule has 0 unspecified atom stereocenters. The molecule has 0 aromatic heterocycles. The van der Waals surface area contributed by atoms with Gasteiger partial charge in [0.05, 0.1) is 0 Å². The second-order valence-electron chi connectivity index (χ2n) is 4.95. The number of sulfonamides is 2. The zero-order valence-electron chi connectivity index (χ0n) is 12.6. The van der Waals surface area contributed by atoms with Crippen LogP contribution in [0.15, 0.2) is 4.90 Å². The minimum absolute atomic E-state index is 1.06. The van der Waals surface area contributed by atoms with E-state index in [-0.39, 0.29) is 0 Å². The number of halogens is 11. The molecule has 162 valence electrons.